The van der Waals surface area contributed by atoms with Crippen LogP contribution in [0.1, 0.15) is 12.0 Å². The third-order valence-corrected chi connectivity index (χ3v) is 3.10. The van der Waals surface area contributed by atoms with Crippen molar-refractivity contribution in [3.8, 4) is 0 Å². The number of benzene rings is 1. The topological polar surface area (TPSA) is 66.4 Å². The van der Waals surface area contributed by atoms with Crippen molar-refractivity contribution in [2.24, 2.45) is 0 Å². The van der Waals surface area contributed by atoms with Crippen LogP contribution in [0.25, 0.3) is 0 Å². The van der Waals surface area contributed by atoms with Crippen LogP contribution in [0, 0.1) is 0 Å². The Hall–Kier alpha value is -1.33. The van der Waals surface area contributed by atoms with Gasteiger partial charge >= 0.3 is 0 Å². The zero-order valence-electron chi connectivity index (χ0n) is 10.3. The first-order valence-corrected chi connectivity index (χ1v) is 6.90. The summed E-state index contributed by atoms with van der Waals surface area (Å²) in [7, 11) is 0. The number of aliphatic hydroxyl groups is 1. The molecule has 0 saturated heterocycles. The number of amides is 1. The monoisotopic (exact) mass is 267 g/mol. The van der Waals surface area contributed by atoms with Crippen molar-refractivity contribution in [1.82, 2.24) is 5.32 Å². The molecule has 0 bridgehead atoms. The lowest BCUT2D eigenvalue weighted by Gasteiger charge is -2.04. The van der Waals surface area contributed by atoms with Crippen LogP contribution in [0.5, 0.6) is 0 Å². The van der Waals surface area contributed by atoms with Gasteiger partial charge in [0, 0.05) is 17.9 Å². The molecule has 0 unspecified atom stereocenters. The Balaban J connectivity index is 2.41. The Morgan fingerprint density at radius 3 is 2.50 bits per heavy atom. The number of Topliss-reactive ketones (excluding diaryl/α,β-unsaturated/α-hetero) is 1. The van der Waals surface area contributed by atoms with E-state index >= 15 is 0 Å². The van der Waals surface area contributed by atoms with E-state index < -0.39 is 0 Å². The van der Waals surface area contributed by atoms with Crippen LogP contribution in [0.15, 0.2) is 29.2 Å². The lowest BCUT2D eigenvalue weighted by atomic mass is 10.1. The van der Waals surface area contributed by atoms with Crippen LogP contribution in [-0.2, 0) is 16.0 Å². The van der Waals surface area contributed by atoms with Crippen LogP contribution in [0.4, 0.5) is 0 Å². The molecular weight excluding hydrogens is 250 g/mol. The molecule has 0 aliphatic rings. The number of carbonyl (C=O) groups is 2. The molecule has 4 nitrogen and oxygen atoms in total. The van der Waals surface area contributed by atoms with Crippen molar-refractivity contribution in [3.63, 3.8) is 0 Å². The molecule has 0 saturated carbocycles. The number of hydrogen-bond acceptors (Lipinski definition) is 4. The molecular formula is C13H17NO3S. The van der Waals surface area contributed by atoms with Crippen molar-refractivity contribution >= 4 is 23.5 Å². The third kappa shape index (κ3) is 5.33. The Morgan fingerprint density at radius 2 is 1.94 bits per heavy atom. The SMILES string of the molecule is CSc1ccc(CC(=O)CC(=O)NCCO)cc1. The summed E-state index contributed by atoms with van der Waals surface area (Å²) in [5.74, 6) is -0.461. The minimum atomic E-state index is -0.338. The van der Waals surface area contributed by atoms with Gasteiger partial charge in [-0.25, -0.2) is 0 Å². The Labute approximate surface area is 111 Å². The van der Waals surface area contributed by atoms with Gasteiger partial charge in [0.2, 0.25) is 5.91 Å². The smallest absolute Gasteiger partial charge is 0.227 e. The summed E-state index contributed by atoms with van der Waals surface area (Å²) in [5, 5.41) is 11.0. The Kier molecular flexibility index (Phi) is 6.46. The fourth-order valence-electron chi connectivity index (χ4n) is 1.47. The number of nitrogens with one attached hydrogen (secondary N) is 1. The van der Waals surface area contributed by atoms with E-state index in [0.29, 0.717) is 0 Å². The molecule has 0 aliphatic carbocycles. The highest BCUT2D eigenvalue weighted by atomic mass is 32.2. The molecule has 18 heavy (non-hydrogen) atoms. The van der Waals surface area contributed by atoms with E-state index in [0.717, 1.165) is 10.5 Å². The molecule has 2 N–H and O–H groups in total. The maximum absolute atomic E-state index is 11.6. The summed E-state index contributed by atoms with van der Waals surface area (Å²) < 4.78 is 0. The standard InChI is InChI=1S/C13H17NO3S/c1-18-12-4-2-10(3-5-12)8-11(16)9-13(17)14-6-7-15/h2-5,15H,6-9H2,1H3,(H,14,17). The number of thioether (sulfide) groups is 1. The highest BCUT2D eigenvalue weighted by molar-refractivity contribution is 7.98. The van der Waals surface area contributed by atoms with Crippen LogP contribution < -0.4 is 5.32 Å². The molecule has 1 amide bonds. The normalized spacial score (nSPS) is 10.1. The average Bonchev–Trinajstić information content (AvgIpc) is 2.37. The highest BCUT2D eigenvalue weighted by Crippen LogP contribution is 2.15. The zero-order valence-corrected chi connectivity index (χ0v) is 11.1. The van der Waals surface area contributed by atoms with Crippen molar-refractivity contribution in [2.45, 2.75) is 17.7 Å². The molecule has 0 aromatic heterocycles. The van der Waals surface area contributed by atoms with Gasteiger partial charge in [0.15, 0.2) is 0 Å². The molecule has 0 radical (unpaired) electrons. The molecule has 1 aromatic carbocycles. The summed E-state index contributed by atoms with van der Waals surface area (Å²) in [4.78, 5) is 24.0. The first kappa shape index (κ1) is 14.7. The van der Waals surface area contributed by atoms with E-state index in [1.54, 1.807) is 11.8 Å². The first-order valence-electron chi connectivity index (χ1n) is 5.68. The first-order chi connectivity index (χ1) is 8.65. The molecule has 0 fully saturated rings. The van der Waals surface area contributed by atoms with Gasteiger partial charge < -0.3 is 10.4 Å². The van der Waals surface area contributed by atoms with Gasteiger partial charge in [-0.2, -0.15) is 0 Å². The van der Waals surface area contributed by atoms with Gasteiger partial charge in [-0.1, -0.05) is 12.1 Å². The molecule has 0 heterocycles. The molecule has 5 heteroatoms. The lowest BCUT2D eigenvalue weighted by Crippen LogP contribution is -2.28. The van der Waals surface area contributed by atoms with Gasteiger partial charge in [0.25, 0.3) is 0 Å². The average molecular weight is 267 g/mol. The lowest BCUT2D eigenvalue weighted by molar-refractivity contribution is -0.127. The van der Waals surface area contributed by atoms with Crippen LogP contribution in [0.2, 0.25) is 0 Å². The molecule has 0 spiro atoms. The predicted octanol–water partition coefficient (Wildman–Crippen LogP) is 1.02. The van der Waals surface area contributed by atoms with Crippen molar-refractivity contribution in [2.75, 3.05) is 19.4 Å². The second-order valence-electron chi connectivity index (χ2n) is 3.81. The second-order valence-corrected chi connectivity index (χ2v) is 4.69. The number of ketones is 1. The Bertz CT molecular complexity index is 403. The van der Waals surface area contributed by atoms with Gasteiger partial charge in [0.05, 0.1) is 13.0 Å². The maximum atomic E-state index is 11.6. The fraction of sp³-hybridized carbons (Fsp3) is 0.385. The number of rotatable bonds is 7. The third-order valence-electron chi connectivity index (χ3n) is 2.35. The van der Waals surface area contributed by atoms with E-state index in [1.807, 2.05) is 30.5 Å². The largest absolute Gasteiger partial charge is 0.395 e. The van der Waals surface area contributed by atoms with E-state index in [9.17, 15) is 9.59 Å². The summed E-state index contributed by atoms with van der Waals surface area (Å²) in [6.45, 7) is 0.0740. The van der Waals surface area contributed by atoms with Crippen molar-refractivity contribution < 1.29 is 14.7 Å². The van der Waals surface area contributed by atoms with Crippen LogP contribution in [0.3, 0.4) is 0 Å². The van der Waals surface area contributed by atoms with E-state index in [1.165, 1.54) is 0 Å². The molecule has 98 valence electrons. The summed E-state index contributed by atoms with van der Waals surface area (Å²) in [6, 6.07) is 7.71. The van der Waals surface area contributed by atoms with Crippen LogP contribution >= 0.6 is 11.8 Å². The van der Waals surface area contributed by atoms with Gasteiger partial charge in [-0.3, -0.25) is 9.59 Å². The number of carbonyl (C=O) groups excluding carboxylic acids is 2. The molecule has 1 rings (SSSR count). The predicted molar refractivity (Wildman–Crippen MR) is 71.6 cm³/mol. The van der Waals surface area contributed by atoms with Crippen LogP contribution in [-0.4, -0.2) is 36.2 Å². The summed E-state index contributed by atoms with van der Waals surface area (Å²) in [5.41, 5.74) is 0.910. The molecule has 0 atom stereocenters. The summed E-state index contributed by atoms with van der Waals surface area (Å²) >= 11 is 1.64. The Morgan fingerprint density at radius 1 is 1.28 bits per heavy atom. The number of hydrogen-bond donors (Lipinski definition) is 2. The number of aliphatic hydroxyl groups excluding tert-OH is 1. The van der Waals surface area contributed by atoms with Gasteiger partial charge in [-0.05, 0) is 24.0 Å². The fourth-order valence-corrected chi connectivity index (χ4v) is 1.88. The minimum Gasteiger partial charge on any atom is -0.395 e. The summed E-state index contributed by atoms with van der Waals surface area (Å²) in [6.07, 6.45) is 2.12. The van der Waals surface area contributed by atoms with Gasteiger partial charge in [0.1, 0.15) is 5.78 Å². The van der Waals surface area contributed by atoms with E-state index in [2.05, 4.69) is 5.32 Å². The van der Waals surface area contributed by atoms with E-state index in [4.69, 9.17) is 5.11 Å². The molecule has 1 aromatic rings. The van der Waals surface area contributed by atoms with E-state index in [-0.39, 0.29) is 37.7 Å². The quantitative estimate of drug-likeness (QED) is 0.572. The molecule has 0 aliphatic heterocycles. The van der Waals surface area contributed by atoms with Crippen molar-refractivity contribution in [1.29, 1.82) is 0 Å². The van der Waals surface area contributed by atoms with Crippen molar-refractivity contribution in [3.05, 3.63) is 29.8 Å². The maximum Gasteiger partial charge on any atom is 0.227 e. The van der Waals surface area contributed by atoms with Gasteiger partial charge in [-0.15, -0.1) is 11.8 Å². The highest BCUT2D eigenvalue weighted by Gasteiger charge is 2.09. The minimum absolute atomic E-state index is 0.115. The second kappa shape index (κ2) is 7.89. The zero-order chi connectivity index (χ0) is 13.4.